The van der Waals surface area contributed by atoms with E-state index in [0.717, 1.165) is 35.0 Å². The van der Waals surface area contributed by atoms with Crippen molar-refractivity contribution in [1.29, 1.82) is 0 Å². The lowest BCUT2D eigenvalue weighted by Crippen LogP contribution is -2.35. The summed E-state index contributed by atoms with van der Waals surface area (Å²) in [6.07, 6.45) is 3.33. The third-order valence-corrected chi connectivity index (χ3v) is 6.09. The van der Waals surface area contributed by atoms with Crippen molar-refractivity contribution < 1.29 is 9.53 Å². The lowest BCUT2D eigenvalue weighted by atomic mass is 9.96. The number of anilines is 2. The van der Waals surface area contributed by atoms with Crippen LogP contribution in [0.5, 0.6) is 0 Å². The molecule has 0 aliphatic carbocycles. The Morgan fingerprint density at radius 1 is 1.10 bits per heavy atom. The number of amides is 1. The number of hydrogen-bond donors (Lipinski definition) is 1. The molecule has 0 atom stereocenters. The van der Waals surface area contributed by atoms with Crippen molar-refractivity contribution in [2.24, 2.45) is 0 Å². The van der Waals surface area contributed by atoms with Gasteiger partial charge in [-0.05, 0) is 11.6 Å². The molecule has 0 radical (unpaired) electrons. The van der Waals surface area contributed by atoms with Crippen LogP contribution >= 0.6 is 11.3 Å². The highest BCUT2D eigenvalue weighted by molar-refractivity contribution is 7.18. The third kappa shape index (κ3) is 4.52. The highest BCUT2D eigenvalue weighted by Gasteiger charge is 2.22. The molecule has 0 spiro atoms. The predicted molar refractivity (Wildman–Crippen MR) is 121 cm³/mol. The van der Waals surface area contributed by atoms with Gasteiger partial charge in [0.15, 0.2) is 0 Å². The number of morpholine rings is 1. The monoisotopic (exact) mass is 422 g/mol. The standard InChI is InChI=1S/C23H26N4O2S/c1-23(2,3)22-24-14-17(15-25-22)26-20(28)19-13-18(16-7-5-4-6-8-16)21(30-19)27-9-11-29-12-10-27/h4-8,13-15H,9-12H2,1-3H3,(H,26,28). The first-order chi connectivity index (χ1) is 14.4. The molecule has 1 fully saturated rings. The molecule has 0 unspecified atom stereocenters. The van der Waals surface area contributed by atoms with Gasteiger partial charge >= 0.3 is 0 Å². The maximum atomic E-state index is 13.0. The first-order valence-corrected chi connectivity index (χ1v) is 10.9. The number of aromatic nitrogens is 2. The Labute approximate surface area is 180 Å². The summed E-state index contributed by atoms with van der Waals surface area (Å²) in [5, 5.41) is 4.04. The molecule has 3 aromatic rings. The van der Waals surface area contributed by atoms with Crippen molar-refractivity contribution >= 4 is 27.9 Å². The number of ether oxygens (including phenoxy) is 1. The van der Waals surface area contributed by atoms with Gasteiger partial charge in [-0.2, -0.15) is 0 Å². The molecule has 1 saturated heterocycles. The van der Waals surface area contributed by atoms with Crippen molar-refractivity contribution in [3.63, 3.8) is 0 Å². The zero-order valence-electron chi connectivity index (χ0n) is 17.5. The van der Waals surface area contributed by atoms with Crippen LogP contribution < -0.4 is 10.2 Å². The van der Waals surface area contributed by atoms with Crippen molar-refractivity contribution in [3.8, 4) is 11.1 Å². The van der Waals surface area contributed by atoms with E-state index in [4.69, 9.17) is 4.74 Å². The highest BCUT2D eigenvalue weighted by atomic mass is 32.1. The molecule has 1 aliphatic rings. The van der Waals surface area contributed by atoms with Crippen molar-refractivity contribution in [1.82, 2.24) is 9.97 Å². The number of nitrogens with zero attached hydrogens (tertiary/aromatic N) is 3. The van der Waals surface area contributed by atoms with E-state index in [1.807, 2.05) is 24.3 Å². The molecule has 0 bridgehead atoms. The average molecular weight is 423 g/mol. The third-order valence-electron chi connectivity index (χ3n) is 4.90. The summed E-state index contributed by atoms with van der Waals surface area (Å²) >= 11 is 1.51. The summed E-state index contributed by atoms with van der Waals surface area (Å²) in [6.45, 7) is 9.23. The molecule has 1 N–H and O–H groups in total. The lowest BCUT2D eigenvalue weighted by Gasteiger charge is -2.28. The second-order valence-electron chi connectivity index (χ2n) is 8.29. The first-order valence-electron chi connectivity index (χ1n) is 10.1. The minimum atomic E-state index is -0.149. The quantitative estimate of drug-likeness (QED) is 0.666. The van der Waals surface area contributed by atoms with Gasteiger partial charge in [0.2, 0.25) is 0 Å². The van der Waals surface area contributed by atoms with Crippen LogP contribution in [0.4, 0.5) is 10.7 Å². The fourth-order valence-corrected chi connectivity index (χ4v) is 4.42. The van der Waals surface area contributed by atoms with Gasteiger partial charge in [0.25, 0.3) is 5.91 Å². The van der Waals surface area contributed by atoms with Crippen LogP contribution in [0.25, 0.3) is 11.1 Å². The molecule has 6 nitrogen and oxygen atoms in total. The molecule has 3 heterocycles. The summed E-state index contributed by atoms with van der Waals surface area (Å²) < 4.78 is 5.50. The number of thiophene rings is 1. The zero-order chi connectivity index (χ0) is 21.1. The van der Waals surface area contributed by atoms with E-state index in [9.17, 15) is 4.79 Å². The summed E-state index contributed by atoms with van der Waals surface area (Å²) in [6, 6.07) is 12.2. The van der Waals surface area contributed by atoms with Gasteiger partial charge in [-0.3, -0.25) is 4.79 Å². The predicted octanol–water partition coefficient (Wildman–Crippen LogP) is 4.59. The van der Waals surface area contributed by atoms with Crippen LogP contribution in [0.15, 0.2) is 48.8 Å². The summed E-state index contributed by atoms with van der Waals surface area (Å²) in [5.74, 6) is 0.599. The van der Waals surface area contributed by atoms with Gasteiger partial charge in [-0.1, -0.05) is 51.1 Å². The van der Waals surface area contributed by atoms with E-state index < -0.39 is 0 Å². The second-order valence-corrected chi connectivity index (χ2v) is 9.33. The minimum absolute atomic E-state index is 0.131. The van der Waals surface area contributed by atoms with Gasteiger partial charge in [0.1, 0.15) is 5.82 Å². The van der Waals surface area contributed by atoms with Gasteiger partial charge < -0.3 is 15.0 Å². The van der Waals surface area contributed by atoms with E-state index in [-0.39, 0.29) is 11.3 Å². The number of benzene rings is 1. The molecular weight excluding hydrogens is 396 g/mol. The normalized spacial score (nSPS) is 14.6. The number of hydrogen-bond acceptors (Lipinski definition) is 6. The van der Waals surface area contributed by atoms with E-state index >= 15 is 0 Å². The Hall–Kier alpha value is -2.77. The summed E-state index contributed by atoms with van der Waals surface area (Å²) in [7, 11) is 0. The van der Waals surface area contributed by atoms with Crippen LogP contribution in [0.2, 0.25) is 0 Å². The maximum absolute atomic E-state index is 13.0. The van der Waals surface area contributed by atoms with E-state index in [2.05, 4.69) is 53.1 Å². The van der Waals surface area contributed by atoms with Crippen LogP contribution in [0.3, 0.4) is 0 Å². The fourth-order valence-electron chi connectivity index (χ4n) is 3.29. The minimum Gasteiger partial charge on any atom is -0.378 e. The number of rotatable bonds is 4. The van der Waals surface area contributed by atoms with Gasteiger partial charge in [0, 0.05) is 24.1 Å². The van der Waals surface area contributed by atoms with Crippen LogP contribution in [-0.2, 0) is 10.2 Å². The van der Waals surface area contributed by atoms with Crippen LogP contribution in [0, 0.1) is 0 Å². The van der Waals surface area contributed by atoms with Crippen LogP contribution in [0.1, 0.15) is 36.3 Å². The summed E-state index contributed by atoms with van der Waals surface area (Å²) in [4.78, 5) is 24.7. The summed E-state index contributed by atoms with van der Waals surface area (Å²) in [5.41, 5.74) is 2.64. The SMILES string of the molecule is CC(C)(C)c1ncc(NC(=O)c2cc(-c3ccccc3)c(N3CCOCC3)s2)cn1. The Bertz CT molecular complexity index is 1000. The largest absolute Gasteiger partial charge is 0.378 e. The maximum Gasteiger partial charge on any atom is 0.265 e. The molecule has 156 valence electrons. The molecule has 30 heavy (non-hydrogen) atoms. The smallest absolute Gasteiger partial charge is 0.265 e. The number of nitrogens with one attached hydrogen (secondary N) is 1. The van der Waals surface area contributed by atoms with E-state index in [0.29, 0.717) is 23.8 Å². The first kappa shape index (κ1) is 20.5. The Balaban J connectivity index is 1.60. The van der Waals surface area contributed by atoms with Gasteiger partial charge in [-0.25, -0.2) is 9.97 Å². The second kappa shape index (κ2) is 8.53. The van der Waals surface area contributed by atoms with E-state index in [1.54, 1.807) is 12.4 Å². The molecule has 4 rings (SSSR count). The molecule has 1 aliphatic heterocycles. The zero-order valence-corrected chi connectivity index (χ0v) is 18.3. The highest BCUT2D eigenvalue weighted by Crippen LogP contribution is 2.39. The van der Waals surface area contributed by atoms with Gasteiger partial charge in [0.05, 0.1) is 41.2 Å². The topological polar surface area (TPSA) is 67.4 Å². The van der Waals surface area contributed by atoms with Crippen LogP contribution in [-0.4, -0.2) is 42.2 Å². The molecule has 0 saturated carbocycles. The number of carbonyl (C=O) groups is 1. The lowest BCUT2D eigenvalue weighted by molar-refractivity contribution is 0.103. The molecule has 7 heteroatoms. The molecular formula is C23H26N4O2S. The number of carbonyl (C=O) groups excluding carboxylic acids is 1. The van der Waals surface area contributed by atoms with Crippen molar-refractivity contribution in [3.05, 3.63) is 59.5 Å². The van der Waals surface area contributed by atoms with E-state index in [1.165, 1.54) is 11.3 Å². The van der Waals surface area contributed by atoms with Crippen molar-refractivity contribution in [2.75, 3.05) is 36.5 Å². The Morgan fingerprint density at radius 2 is 1.77 bits per heavy atom. The molecule has 2 aromatic heterocycles. The average Bonchev–Trinajstić information content (AvgIpc) is 3.20. The Kier molecular flexibility index (Phi) is 5.83. The fraction of sp³-hybridized carbons (Fsp3) is 0.348. The Morgan fingerprint density at radius 3 is 2.40 bits per heavy atom. The van der Waals surface area contributed by atoms with Gasteiger partial charge in [-0.15, -0.1) is 11.3 Å². The molecule has 1 amide bonds. The van der Waals surface area contributed by atoms with Crippen molar-refractivity contribution in [2.45, 2.75) is 26.2 Å². The molecule has 1 aromatic carbocycles.